The predicted octanol–water partition coefficient (Wildman–Crippen LogP) is 5.94. The number of esters is 1. The van der Waals surface area contributed by atoms with E-state index in [2.05, 4.69) is 6.92 Å². The van der Waals surface area contributed by atoms with E-state index in [0.29, 0.717) is 23.9 Å². The van der Waals surface area contributed by atoms with Gasteiger partial charge in [-0.15, -0.1) is 0 Å². The lowest BCUT2D eigenvalue weighted by molar-refractivity contribution is 0.0494. The molecule has 0 bridgehead atoms. The van der Waals surface area contributed by atoms with Crippen molar-refractivity contribution in [2.45, 2.75) is 43.9 Å². The minimum absolute atomic E-state index is 0.309. The molecule has 0 aliphatic carbocycles. The molecule has 25 heavy (non-hydrogen) atoms. The van der Waals surface area contributed by atoms with Crippen LogP contribution in [-0.2, 0) is 4.74 Å². The number of para-hydroxylation sites is 1. The van der Waals surface area contributed by atoms with Gasteiger partial charge in [-0.1, -0.05) is 74.7 Å². The Labute approximate surface area is 154 Å². The van der Waals surface area contributed by atoms with Crippen LogP contribution in [-0.4, -0.2) is 18.5 Å². The van der Waals surface area contributed by atoms with E-state index in [0.717, 1.165) is 17.7 Å². The molecule has 0 saturated carbocycles. The van der Waals surface area contributed by atoms with Crippen LogP contribution in [0, 0.1) is 0 Å². The molecule has 2 aromatic rings. The molecule has 134 valence electrons. The van der Waals surface area contributed by atoms with Gasteiger partial charge in [0.05, 0.1) is 6.61 Å². The first-order valence-electron chi connectivity index (χ1n) is 8.88. The van der Waals surface area contributed by atoms with Crippen molar-refractivity contribution in [2.75, 3.05) is 12.5 Å². The summed E-state index contributed by atoms with van der Waals surface area (Å²) >= 11 is 1.59. The second kappa shape index (κ2) is 11.6. The molecule has 0 unspecified atom stereocenters. The van der Waals surface area contributed by atoms with Gasteiger partial charge in [-0.3, -0.25) is 0 Å². The number of ether oxygens (including phenoxy) is 2. The van der Waals surface area contributed by atoms with E-state index < -0.39 is 0 Å². The average molecular weight is 359 g/mol. The van der Waals surface area contributed by atoms with E-state index in [1.807, 2.05) is 48.5 Å². The highest BCUT2D eigenvalue weighted by Gasteiger charge is 2.13. The second-order valence-corrected chi connectivity index (χ2v) is 6.76. The molecule has 0 aliphatic heterocycles. The molecular formula is C21H26O3S. The summed E-state index contributed by atoms with van der Waals surface area (Å²) in [5.41, 5.74) is 0.490. The van der Waals surface area contributed by atoms with Gasteiger partial charge >= 0.3 is 5.97 Å². The van der Waals surface area contributed by atoms with Crippen molar-refractivity contribution in [2.24, 2.45) is 0 Å². The lowest BCUT2D eigenvalue weighted by atomic mass is 10.2. The molecule has 3 nitrogen and oxygen atoms in total. The largest absolute Gasteiger partial charge is 0.482 e. The molecule has 0 aromatic heterocycles. The molecule has 0 fully saturated rings. The normalized spacial score (nSPS) is 10.4. The lowest BCUT2D eigenvalue weighted by Crippen LogP contribution is -2.09. The maximum atomic E-state index is 12.3. The van der Waals surface area contributed by atoms with E-state index in [-0.39, 0.29) is 5.97 Å². The first-order valence-corrected chi connectivity index (χ1v) is 9.86. The Morgan fingerprint density at radius 1 is 0.920 bits per heavy atom. The number of thioether (sulfide) groups is 1. The Kier molecular flexibility index (Phi) is 8.98. The van der Waals surface area contributed by atoms with Crippen LogP contribution in [0.15, 0.2) is 59.5 Å². The molecular weight excluding hydrogens is 332 g/mol. The molecule has 0 saturated heterocycles. The van der Waals surface area contributed by atoms with E-state index in [9.17, 15) is 4.79 Å². The molecule has 2 aromatic carbocycles. The predicted molar refractivity (Wildman–Crippen MR) is 103 cm³/mol. The number of carbonyl (C=O) groups is 1. The summed E-state index contributed by atoms with van der Waals surface area (Å²) in [6.07, 6.45) is 5.67. The van der Waals surface area contributed by atoms with Crippen LogP contribution < -0.4 is 4.74 Å². The molecule has 0 heterocycles. The van der Waals surface area contributed by atoms with E-state index >= 15 is 0 Å². The fraction of sp³-hybridized carbons (Fsp3) is 0.381. The third-order valence-electron chi connectivity index (χ3n) is 3.77. The van der Waals surface area contributed by atoms with E-state index in [1.165, 1.54) is 19.3 Å². The van der Waals surface area contributed by atoms with Gasteiger partial charge in [-0.05, 0) is 30.7 Å². The molecule has 0 atom stereocenters. The number of carbonyl (C=O) groups excluding carboxylic acids is 1. The smallest absolute Gasteiger partial charge is 0.341 e. The Morgan fingerprint density at radius 2 is 1.64 bits per heavy atom. The Bertz CT molecular complexity index is 628. The number of hydrogen-bond donors (Lipinski definition) is 0. The Morgan fingerprint density at radius 3 is 2.44 bits per heavy atom. The van der Waals surface area contributed by atoms with Gasteiger partial charge in [-0.25, -0.2) is 4.79 Å². The standard InChI is InChI=1S/C21H26O3S/c1-2-3-4-5-11-16-23-21(22)19-14-9-10-15-20(19)24-17-25-18-12-7-6-8-13-18/h6-10,12-15H,2-5,11,16-17H2,1H3. The molecule has 0 aliphatic rings. The summed E-state index contributed by atoms with van der Waals surface area (Å²) in [6.45, 7) is 2.66. The lowest BCUT2D eigenvalue weighted by Gasteiger charge is -2.11. The molecule has 0 amide bonds. The molecule has 2 rings (SSSR count). The minimum Gasteiger partial charge on any atom is -0.482 e. The van der Waals surface area contributed by atoms with Gasteiger partial charge in [-0.2, -0.15) is 0 Å². The van der Waals surface area contributed by atoms with Crippen molar-refractivity contribution in [3.63, 3.8) is 0 Å². The highest BCUT2D eigenvalue weighted by Crippen LogP contribution is 2.23. The van der Waals surface area contributed by atoms with Crippen molar-refractivity contribution in [3.05, 3.63) is 60.2 Å². The number of rotatable bonds is 11. The van der Waals surface area contributed by atoms with Crippen molar-refractivity contribution in [1.29, 1.82) is 0 Å². The molecule has 0 spiro atoms. The van der Waals surface area contributed by atoms with Gasteiger partial charge in [0.2, 0.25) is 0 Å². The van der Waals surface area contributed by atoms with Gasteiger partial charge < -0.3 is 9.47 Å². The summed E-state index contributed by atoms with van der Waals surface area (Å²) in [6, 6.07) is 17.3. The molecule has 0 N–H and O–H groups in total. The minimum atomic E-state index is -0.309. The van der Waals surface area contributed by atoms with Gasteiger partial charge in [0.15, 0.2) is 0 Å². The third-order valence-corrected chi connectivity index (χ3v) is 4.61. The highest BCUT2D eigenvalue weighted by molar-refractivity contribution is 7.99. The molecule has 4 heteroatoms. The topological polar surface area (TPSA) is 35.5 Å². The van der Waals surface area contributed by atoms with Crippen molar-refractivity contribution >= 4 is 17.7 Å². The van der Waals surface area contributed by atoms with Crippen LogP contribution in [0.1, 0.15) is 49.4 Å². The first-order chi connectivity index (χ1) is 12.3. The van der Waals surface area contributed by atoms with Crippen LogP contribution in [0.2, 0.25) is 0 Å². The highest BCUT2D eigenvalue weighted by atomic mass is 32.2. The van der Waals surface area contributed by atoms with E-state index in [4.69, 9.17) is 9.47 Å². The maximum absolute atomic E-state index is 12.3. The quantitative estimate of drug-likeness (QED) is 0.215. The Hall–Kier alpha value is -1.94. The van der Waals surface area contributed by atoms with Crippen LogP contribution >= 0.6 is 11.8 Å². The first kappa shape index (κ1) is 19.4. The van der Waals surface area contributed by atoms with E-state index in [1.54, 1.807) is 17.8 Å². The van der Waals surface area contributed by atoms with Crippen molar-refractivity contribution in [1.82, 2.24) is 0 Å². The summed E-state index contributed by atoms with van der Waals surface area (Å²) in [7, 11) is 0. The average Bonchev–Trinajstić information content (AvgIpc) is 2.65. The zero-order valence-corrected chi connectivity index (χ0v) is 15.6. The monoisotopic (exact) mass is 358 g/mol. The SMILES string of the molecule is CCCCCCCOC(=O)c1ccccc1OCSc1ccccc1. The van der Waals surface area contributed by atoms with Gasteiger partial charge in [0.1, 0.15) is 17.3 Å². The van der Waals surface area contributed by atoms with Crippen molar-refractivity contribution < 1.29 is 14.3 Å². The van der Waals surface area contributed by atoms with Crippen LogP contribution in [0.4, 0.5) is 0 Å². The fourth-order valence-corrected chi connectivity index (χ4v) is 3.06. The second-order valence-electron chi connectivity index (χ2n) is 5.77. The Balaban J connectivity index is 1.79. The number of hydrogen-bond acceptors (Lipinski definition) is 4. The fourth-order valence-electron chi connectivity index (χ4n) is 2.39. The van der Waals surface area contributed by atoms with Gasteiger partial charge in [0.25, 0.3) is 0 Å². The van der Waals surface area contributed by atoms with Gasteiger partial charge in [0, 0.05) is 4.90 Å². The summed E-state index contributed by atoms with van der Waals surface area (Å²) in [5.74, 6) is 0.712. The van der Waals surface area contributed by atoms with Crippen LogP contribution in [0.5, 0.6) is 5.75 Å². The van der Waals surface area contributed by atoms with Crippen molar-refractivity contribution in [3.8, 4) is 5.75 Å². The zero-order valence-electron chi connectivity index (χ0n) is 14.8. The van der Waals surface area contributed by atoms with Crippen LogP contribution in [0.25, 0.3) is 0 Å². The summed E-state index contributed by atoms with van der Waals surface area (Å²) in [5, 5.41) is 0. The zero-order chi connectivity index (χ0) is 17.7. The summed E-state index contributed by atoms with van der Waals surface area (Å²) < 4.78 is 11.2. The number of unbranched alkanes of at least 4 members (excludes halogenated alkanes) is 4. The maximum Gasteiger partial charge on any atom is 0.341 e. The summed E-state index contributed by atoms with van der Waals surface area (Å²) in [4.78, 5) is 13.4. The third kappa shape index (κ3) is 7.22. The number of benzene rings is 2. The van der Waals surface area contributed by atoms with Crippen LogP contribution in [0.3, 0.4) is 0 Å². The molecule has 0 radical (unpaired) electrons.